The zero-order chi connectivity index (χ0) is 23.3. The number of ether oxygens (including phenoxy) is 1. The predicted octanol–water partition coefficient (Wildman–Crippen LogP) is 3.29. The van der Waals surface area contributed by atoms with Gasteiger partial charge in [-0.05, 0) is 54.4 Å². The number of nitrogens with zero attached hydrogens (tertiary/aromatic N) is 1. The molecule has 168 valence electrons. The Hall–Kier alpha value is -1.92. The second-order valence-electron chi connectivity index (χ2n) is 7.24. The van der Waals surface area contributed by atoms with Gasteiger partial charge in [-0.1, -0.05) is 12.1 Å². The van der Waals surface area contributed by atoms with Crippen LogP contribution in [-0.2, 0) is 30.1 Å². The molecule has 0 bridgehead atoms. The van der Waals surface area contributed by atoms with E-state index in [1.54, 1.807) is 20.8 Å². The minimum absolute atomic E-state index is 0.0787. The summed E-state index contributed by atoms with van der Waals surface area (Å²) in [5.41, 5.74) is -0.540. The van der Waals surface area contributed by atoms with Crippen molar-refractivity contribution in [3.8, 4) is 0 Å². The van der Waals surface area contributed by atoms with Gasteiger partial charge < -0.3 is 4.74 Å². The molecule has 7 nitrogen and oxygen atoms in total. The lowest BCUT2D eigenvalue weighted by atomic mass is 10.1. The summed E-state index contributed by atoms with van der Waals surface area (Å²) in [5.74, 6) is -3.34. The lowest BCUT2D eigenvalue weighted by Crippen LogP contribution is -2.42. The van der Waals surface area contributed by atoms with E-state index in [-0.39, 0.29) is 10.2 Å². The topological polar surface area (TPSA) is 92.8 Å². The number of methoxy groups -OCH3 is 1. The molecule has 12 heteroatoms. The van der Waals surface area contributed by atoms with E-state index in [0.29, 0.717) is 10.5 Å². The van der Waals surface area contributed by atoms with E-state index in [2.05, 4.69) is 25.4 Å². The molecule has 0 fully saturated rings. The fourth-order valence-electron chi connectivity index (χ4n) is 2.35. The number of halogens is 4. The van der Waals surface area contributed by atoms with E-state index in [1.807, 2.05) is 0 Å². The lowest BCUT2D eigenvalue weighted by Gasteiger charge is -2.24. The van der Waals surface area contributed by atoms with Gasteiger partial charge in [0.05, 0.1) is 18.6 Å². The van der Waals surface area contributed by atoms with E-state index >= 15 is 0 Å². The van der Waals surface area contributed by atoms with Crippen LogP contribution in [0.1, 0.15) is 26.3 Å². The minimum atomic E-state index is -5.16. The van der Waals surface area contributed by atoms with Crippen LogP contribution in [-0.4, -0.2) is 45.7 Å². The molecule has 1 amide bonds. The van der Waals surface area contributed by atoms with E-state index in [4.69, 9.17) is 0 Å². The van der Waals surface area contributed by atoms with Crippen molar-refractivity contribution < 1.29 is 35.9 Å². The normalized spacial score (nSPS) is 12.8. The van der Waals surface area contributed by atoms with Crippen LogP contribution in [0.5, 0.6) is 0 Å². The van der Waals surface area contributed by atoms with Crippen LogP contribution in [0.15, 0.2) is 34.8 Å². The van der Waals surface area contributed by atoms with Gasteiger partial charge in [0.15, 0.2) is 0 Å². The quantitative estimate of drug-likeness (QED) is 0.445. The highest BCUT2D eigenvalue weighted by Gasteiger charge is 2.43. The monoisotopic (exact) mass is 514 g/mol. The Balaban J connectivity index is 3.22. The van der Waals surface area contributed by atoms with Crippen molar-refractivity contribution in [2.75, 3.05) is 18.6 Å². The molecule has 0 aliphatic rings. The van der Waals surface area contributed by atoms with Crippen molar-refractivity contribution in [3.63, 3.8) is 0 Å². The minimum Gasteiger partial charge on any atom is -0.466 e. The maximum atomic E-state index is 13.0. The molecule has 1 aromatic carbocycles. The number of alkyl halides is 3. The molecule has 0 heterocycles. The summed E-state index contributed by atoms with van der Waals surface area (Å²) in [5, 5.41) is 0. The maximum Gasteiger partial charge on any atom is 0.471 e. The first-order valence-corrected chi connectivity index (χ1v) is 10.9. The average molecular weight is 515 g/mol. The number of hydrogen-bond acceptors (Lipinski definition) is 5. The van der Waals surface area contributed by atoms with Gasteiger partial charge in [-0.25, -0.2) is 17.9 Å². The number of carbonyl (C=O) groups is 2. The number of benzene rings is 1. The Bertz CT molecular complexity index is 925. The smallest absolute Gasteiger partial charge is 0.466 e. The number of nitrogens with one attached hydrogen (secondary N) is 1. The zero-order valence-electron chi connectivity index (χ0n) is 16.7. The van der Waals surface area contributed by atoms with Gasteiger partial charge >= 0.3 is 18.1 Å². The third kappa shape index (κ3) is 8.44. The summed E-state index contributed by atoms with van der Waals surface area (Å²) in [4.78, 5) is 23.4. The molecule has 0 saturated heterocycles. The number of carbonyl (C=O) groups excluding carboxylic acids is 2. The van der Waals surface area contributed by atoms with Gasteiger partial charge in [0.2, 0.25) is 10.0 Å². The lowest BCUT2D eigenvalue weighted by molar-refractivity contribution is -0.170. The van der Waals surface area contributed by atoms with Crippen LogP contribution in [0.25, 0.3) is 0 Å². The van der Waals surface area contributed by atoms with E-state index < -0.39 is 45.9 Å². The maximum absolute atomic E-state index is 13.0. The Morgan fingerprint density at radius 2 is 1.83 bits per heavy atom. The molecule has 0 saturated carbocycles. The second kappa shape index (κ2) is 9.92. The summed E-state index contributed by atoms with van der Waals surface area (Å²) in [6.07, 6.45) is -3.21. The van der Waals surface area contributed by atoms with Crippen LogP contribution in [0.2, 0.25) is 0 Å². The van der Waals surface area contributed by atoms with Gasteiger partial charge in [-0.15, -0.1) is 0 Å². The highest BCUT2D eigenvalue weighted by Crippen LogP contribution is 2.31. The molecule has 0 radical (unpaired) electrons. The molecule has 1 N–H and O–H groups in total. The predicted molar refractivity (Wildman–Crippen MR) is 109 cm³/mol. The molecule has 0 spiro atoms. The summed E-state index contributed by atoms with van der Waals surface area (Å²) in [6, 6.07) is 3.82. The van der Waals surface area contributed by atoms with Crippen molar-refractivity contribution in [3.05, 3.63) is 40.4 Å². The van der Waals surface area contributed by atoms with Crippen molar-refractivity contribution >= 4 is 43.5 Å². The number of rotatable bonds is 7. The summed E-state index contributed by atoms with van der Waals surface area (Å²) >= 11 is 3.09. The van der Waals surface area contributed by atoms with Crippen LogP contribution >= 0.6 is 15.9 Å². The first-order valence-electron chi connectivity index (χ1n) is 8.49. The van der Waals surface area contributed by atoms with Crippen molar-refractivity contribution in [1.29, 1.82) is 0 Å². The molecule has 0 unspecified atom stereocenters. The van der Waals surface area contributed by atoms with Crippen molar-refractivity contribution in [2.45, 2.75) is 38.2 Å². The Morgan fingerprint density at radius 1 is 1.23 bits per heavy atom. The largest absolute Gasteiger partial charge is 0.471 e. The van der Waals surface area contributed by atoms with Crippen LogP contribution < -0.4 is 9.62 Å². The molecular formula is C18H22BrF3N2O5S. The van der Waals surface area contributed by atoms with E-state index in [1.165, 1.54) is 18.2 Å². The van der Waals surface area contributed by atoms with Gasteiger partial charge in [-0.3, -0.25) is 9.69 Å². The molecule has 1 aromatic rings. The fraction of sp³-hybridized carbons (Fsp3) is 0.444. The van der Waals surface area contributed by atoms with Crippen LogP contribution in [0.4, 0.5) is 18.9 Å². The molecule has 1 rings (SSSR count). The number of sulfonamides is 1. The van der Waals surface area contributed by atoms with Gasteiger partial charge in [0, 0.05) is 22.6 Å². The summed E-state index contributed by atoms with van der Waals surface area (Å²) in [6.45, 7) is 4.46. The number of anilines is 1. The summed E-state index contributed by atoms with van der Waals surface area (Å²) < 4.78 is 70.4. The molecule has 30 heavy (non-hydrogen) atoms. The number of hydrogen-bond donors (Lipinski definition) is 1. The van der Waals surface area contributed by atoms with E-state index in [0.717, 1.165) is 19.3 Å². The molecular weight excluding hydrogens is 493 g/mol. The standard InChI is InChI=1S/C18H22BrF3N2O5S/c1-17(2,3)23-30(27,28)11-12-7-8-14(13(19)10-12)24(16(26)18(20,21)22)9-5-6-15(25)29-4/h5-8,10,23H,9,11H2,1-4H3/b6-5+. The van der Waals surface area contributed by atoms with Gasteiger partial charge in [0.1, 0.15) is 0 Å². The van der Waals surface area contributed by atoms with Gasteiger partial charge in [0.25, 0.3) is 0 Å². The highest BCUT2D eigenvalue weighted by molar-refractivity contribution is 9.10. The molecule has 0 aromatic heterocycles. The Labute approximate surface area is 181 Å². The fourth-order valence-corrected chi connectivity index (χ4v) is 4.61. The Kier molecular flexibility index (Phi) is 8.64. The second-order valence-corrected chi connectivity index (χ2v) is 9.81. The molecule has 0 atom stereocenters. The van der Waals surface area contributed by atoms with E-state index in [9.17, 15) is 31.2 Å². The third-order valence-corrected chi connectivity index (χ3v) is 5.62. The first-order chi connectivity index (χ1) is 13.6. The van der Waals surface area contributed by atoms with Crippen LogP contribution in [0.3, 0.4) is 0 Å². The third-order valence-electron chi connectivity index (χ3n) is 3.35. The van der Waals surface area contributed by atoms with Crippen molar-refractivity contribution in [2.24, 2.45) is 0 Å². The number of esters is 1. The average Bonchev–Trinajstić information content (AvgIpc) is 2.55. The first kappa shape index (κ1) is 26.1. The van der Waals surface area contributed by atoms with Gasteiger partial charge in [-0.2, -0.15) is 13.2 Å². The van der Waals surface area contributed by atoms with Crippen LogP contribution in [0, 0.1) is 0 Å². The Morgan fingerprint density at radius 3 is 2.30 bits per heavy atom. The summed E-state index contributed by atoms with van der Waals surface area (Å²) in [7, 11) is -2.60. The SMILES string of the molecule is COC(=O)/C=C/CN(C(=O)C(F)(F)F)c1ccc(CS(=O)(=O)NC(C)(C)C)cc1Br. The number of amides is 1. The van der Waals surface area contributed by atoms with Crippen molar-refractivity contribution in [1.82, 2.24) is 4.72 Å². The molecule has 0 aliphatic heterocycles. The zero-order valence-corrected chi connectivity index (χ0v) is 19.1. The highest BCUT2D eigenvalue weighted by atomic mass is 79.9. The molecule has 0 aliphatic carbocycles.